The third-order valence-corrected chi connectivity index (χ3v) is 4.84. The van der Waals surface area contributed by atoms with Crippen LogP contribution in [0, 0.1) is 13.8 Å². The van der Waals surface area contributed by atoms with Crippen molar-refractivity contribution in [3.05, 3.63) is 71.4 Å². The van der Waals surface area contributed by atoms with Gasteiger partial charge in [0.05, 0.1) is 11.3 Å². The second-order valence-electron chi connectivity index (χ2n) is 6.76. The third kappa shape index (κ3) is 4.07. The number of benzene rings is 1. The molecule has 0 aliphatic heterocycles. The Morgan fingerprint density at radius 2 is 1.87 bits per heavy atom. The quantitative estimate of drug-likeness (QED) is 0.584. The number of anilines is 3. The second-order valence-corrected chi connectivity index (χ2v) is 6.76. The average molecular weight is 404 g/mol. The van der Waals surface area contributed by atoms with E-state index >= 15 is 0 Å². The minimum absolute atomic E-state index is 0.277. The SMILES string of the molecule is C=Cc1nc(C(=O)Nc2cc(C(=O)NC)cnc2Nc2ccccc2C)c(C)n1C. The number of hydrogen-bond donors (Lipinski definition) is 3. The van der Waals surface area contributed by atoms with E-state index in [9.17, 15) is 9.59 Å². The molecule has 0 saturated carbocycles. The van der Waals surface area contributed by atoms with Crippen molar-refractivity contribution in [2.75, 3.05) is 17.7 Å². The molecule has 0 unspecified atom stereocenters. The van der Waals surface area contributed by atoms with Gasteiger partial charge in [-0.25, -0.2) is 9.97 Å². The Morgan fingerprint density at radius 3 is 2.50 bits per heavy atom. The fraction of sp³-hybridized carbons (Fsp3) is 0.182. The summed E-state index contributed by atoms with van der Waals surface area (Å²) in [6.07, 6.45) is 3.04. The van der Waals surface area contributed by atoms with Crippen molar-refractivity contribution in [2.24, 2.45) is 7.05 Å². The van der Waals surface area contributed by atoms with Crippen molar-refractivity contribution < 1.29 is 9.59 Å². The molecule has 2 amide bonds. The first-order valence-electron chi connectivity index (χ1n) is 9.37. The number of rotatable bonds is 6. The van der Waals surface area contributed by atoms with Crippen LogP contribution in [0.4, 0.5) is 17.2 Å². The Morgan fingerprint density at radius 1 is 1.13 bits per heavy atom. The lowest BCUT2D eigenvalue weighted by Gasteiger charge is -2.14. The normalized spacial score (nSPS) is 10.4. The van der Waals surface area contributed by atoms with Crippen LogP contribution in [-0.4, -0.2) is 33.4 Å². The number of pyridine rings is 1. The maximum absolute atomic E-state index is 13.0. The molecule has 154 valence electrons. The zero-order chi connectivity index (χ0) is 21.8. The monoisotopic (exact) mass is 404 g/mol. The molecule has 3 N–H and O–H groups in total. The first kappa shape index (κ1) is 20.8. The molecule has 0 fully saturated rings. The molecule has 1 aromatic carbocycles. The van der Waals surface area contributed by atoms with Crippen LogP contribution in [-0.2, 0) is 7.05 Å². The summed E-state index contributed by atoms with van der Waals surface area (Å²) in [6.45, 7) is 7.49. The molecule has 0 saturated heterocycles. The summed E-state index contributed by atoms with van der Waals surface area (Å²) in [5, 5.41) is 8.62. The number of amides is 2. The predicted octanol–water partition coefficient (Wildman–Crippen LogP) is 3.43. The molecule has 0 spiro atoms. The molecule has 3 rings (SSSR count). The van der Waals surface area contributed by atoms with E-state index in [2.05, 4.69) is 32.5 Å². The van der Waals surface area contributed by atoms with Gasteiger partial charge in [0.1, 0.15) is 11.5 Å². The molecule has 8 nitrogen and oxygen atoms in total. The number of nitrogens with one attached hydrogen (secondary N) is 3. The standard InChI is InChI=1S/C22H24N6O2/c1-6-18-27-19(14(3)28(18)5)22(30)26-17-11-15(21(29)23-4)12-24-20(17)25-16-10-8-7-9-13(16)2/h6-12H,1H2,2-5H3,(H,23,29)(H,24,25)(H,26,30). The van der Waals surface area contributed by atoms with E-state index in [-0.39, 0.29) is 11.6 Å². The number of aryl methyl sites for hydroxylation is 1. The number of carbonyl (C=O) groups is 2. The topological polar surface area (TPSA) is 101 Å². The highest BCUT2D eigenvalue weighted by Crippen LogP contribution is 2.27. The van der Waals surface area contributed by atoms with Gasteiger partial charge in [-0.15, -0.1) is 0 Å². The van der Waals surface area contributed by atoms with Gasteiger partial charge in [-0.05, 0) is 37.6 Å². The van der Waals surface area contributed by atoms with Gasteiger partial charge in [0.15, 0.2) is 5.82 Å². The van der Waals surface area contributed by atoms with E-state index in [0.717, 1.165) is 11.3 Å². The van der Waals surface area contributed by atoms with Crippen molar-refractivity contribution in [1.29, 1.82) is 0 Å². The molecule has 0 bridgehead atoms. The van der Waals surface area contributed by atoms with Crippen molar-refractivity contribution in [2.45, 2.75) is 13.8 Å². The predicted molar refractivity (Wildman–Crippen MR) is 118 cm³/mol. The molecule has 0 atom stereocenters. The molecule has 2 heterocycles. The molecule has 0 aliphatic carbocycles. The lowest BCUT2D eigenvalue weighted by molar-refractivity contribution is 0.0961. The molecular formula is C22H24N6O2. The molecule has 0 radical (unpaired) electrons. The molecular weight excluding hydrogens is 380 g/mol. The highest BCUT2D eigenvalue weighted by Gasteiger charge is 2.19. The minimum atomic E-state index is -0.403. The van der Waals surface area contributed by atoms with Crippen LogP contribution >= 0.6 is 0 Å². The second kappa shape index (κ2) is 8.60. The van der Waals surface area contributed by atoms with E-state index in [1.165, 1.54) is 13.2 Å². The number of carbonyl (C=O) groups excluding carboxylic acids is 2. The van der Waals surface area contributed by atoms with Gasteiger partial charge in [-0.2, -0.15) is 0 Å². The Bertz CT molecular complexity index is 1130. The molecule has 0 aliphatic rings. The first-order chi connectivity index (χ1) is 14.3. The summed E-state index contributed by atoms with van der Waals surface area (Å²) in [4.78, 5) is 33.7. The van der Waals surface area contributed by atoms with Crippen molar-refractivity contribution in [3.63, 3.8) is 0 Å². The van der Waals surface area contributed by atoms with Gasteiger partial charge >= 0.3 is 0 Å². The Hall–Kier alpha value is -3.94. The summed E-state index contributed by atoms with van der Waals surface area (Å²) in [5.41, 5.74) is 3.53. The molecule has 2 aromatic heterocycles. The van der Waals surface area contributed by atoms with Crippen LogP contribution in [0.25, 0.3) is 6.08 Å². The number of aromatic nitrogens is 3. The van der Waals surface area contributed by atoms with Gasteiger partial charge in [0.2, 0.25) is 0 Å². The van der Waals surface area contributed by atoms with Crippen molar-refractivity contribution >= 4 is 35.1 Å². The van der Waals surface area contributed by atoms with Crippen molar-refractivity contribution in [3.8, 4) is 0 Å². The van der Waals surface area contributed by atoms with Crippen LogP contribution in [0.1, 0.15) is 37.9 Å². The number of hydrogen-bond acceptors (Lipinski definition) is 5. The highest BCUT2D eigenvalue weighted by molar-refractivity contribution is 6.06. The van der Waals surface area contributed by atoms with E-state index in [1.54, 1.807) is 23.6 Å². The molecule has 3 aromatic rings. The van der Waals surface area contributed by atoms with Gasteiger partial charge in [0, 0.05) is 31.7 Å². The van der Waals surface area contributed by atoms with Gasteiger partial charge < -0.3 is 20.5 Å². The Kier molecular flexibility index (Phi) is 5.96. The van der Waals surface area contributed by atoms with Crippen LogP contribution < -0.4 is 16.0 Å². The van der Waals surface area contributed by atoms with Crippen LogP contribution in [0.3, 0.4) is 0 Å². The third-order valence-electron chi connectivity index (χ3n) is 4.84. The Labute approximate surface area is 175 Å². The summed E-state index contributed by atoms with van der Waals surface area (Å²) in [6, 6.07) is 9.30. The van der Waals surface area contributed by atoms with Crippen LogP contribution in [0.5, 0.6) is 0 Å². The number of nitrogens with zero attached hydrogens (tertiary/aromatic N) is 3. The van der Waals surface area contributed by atoms with Crippen molar-refractivity contribution in [1.82, 2.24) is 19.9 Å². The first-order valence-corrected chi connectivity index (χ1v) is 9.37. The summed E-state index contributed by atoms with van der Waals surface area (Å²) in [5.74, 6) is 0.305. The maximum Gasteiger partial charge on any atom is 0.276 e. The number of para-hydroxylation sites is 1. The van der Waals surface area contributed by atoms with E-state index in [0.29, 0.717) is 28.6 Å². The summed E-state index contributed by atoms with van der Waals surface area (Å²) < 4.78 is 1.79. The Balaban J connectivity index is 2.00. The fourth-order valence-corrected chi connectivity index (χ4v) is 2.95. The van der Waals surface area contributed by atoms with E-state index in [1.807, 2.05) is 38.2 Å². The maximum atomic E-state index is 13.0. The van der Waals surface area contributed by atoms with Gasteiger partial charge in [-0.3, -0.25) is 9.59 Å². The zero-order valence-corrected chi connectivity index (χ0v) is 17.4. The smallest absolute Gasteiger partial charge is 0.276 e. The van der Waals surface area contributed by atoms with Crippen LogP contribution in [0.2, 0.25) is 0 Å². The van der Waals surface area contributed by atoms with Crippen LogP contribution in [0.15, 0.2) is 43.1 Å². The zero-order valence-electron chi connectivity index (χ0n) is 17.4. The van der Waals surface area contributed by atoms with E-state index in [4.69, 9.17) is 0 Å². The summed E-state index contributed by atoms with van der Waals surface area (Å²) >= 11 is 0. The molecule has 30 heavy (non-hydrogen) atoms. The lowest BCUT2D eigenvalue weighted by atomic mass is 10.2. The fourth-order valence-electron chi connectivity index (χ4n) is 2.95. The summed E-state index contributed by atoms with van der Waals surface area (Å²) in [7, 11) is 3.35. The van der Waals surface area contributed by atoms with Gasteiger partial charge in [0.25, 0.3) is 11.8 Å². The molecule has 8 heteroatoms. The largest absolute Gasteiger partial charge is 0.355 e. The average Bonchev–Trinajstić information content (AvgIpc) is 3.04. The van der Waals surface area contributed by atoms with E-state index < -0.39 is 5.91 Å². The van der Waals surface area contributed by atoms with Gasteiger partial charge in [-0.1, -0.05) is 24.8 Å². The number of imidazole rings is 1. The lowest BCUT2D eigenvalue weighted by Crippen LogP contribution is -2.20. The highest BCUT2D eigenvalue weighted by atomic mass is 16.2. The minimum Gasteiger partial charge on any atom is -0.355 e.